The number of rotatable bonds is 6. The van der Waals surface area contributed by atoms with E-state index >= 15 is 0 Å². The Bertz CT molecular complexity index is 795. The zero-order chi connectivity index (χ0) is 19.1. The molecule has 2 rings (SSSR count). The lowest BCUT2D eigenvalue weighted by molar-refractivity contribution is -0.133. The van der Waals surface area contributed by atoms with E-state index in [1.807, 2.05) is 32.0 Å². The molecule has 7 heteroatoms. The lowest BCUT2D eigenvalue weighted by Gasteiger charge is -2.15. The number of amides is 2. The fraction of sp³-hybridized carbons (Fsp3) is 0.263. The summed E-state index contributed by atoms with van der Waals surface area (Å²) in [6.07, 6.45) is -0.767. The molecule has 138 valence electrons. The van der Waals surface area contributed by atoms with Gasteiger partial charge < -0.3 is 9.47 Å². The van der Waals surface area contributed by atoms with Crippen LogP contribution in [-0.4, -0.2) is 24.5 Å². The van der Waals surface area contributed by atoms with Crippen LogP contribution in [-0.2, 0) is 9.59 Å². The Kier molecular flexibility index (Phi) is 6.86. The fourth-order valence-corrected chi connectivity index (χ4v) is 2.19. The van der Waals surface area contributed by atoms with Gasteiger partial charge in [-0.25, -0.2) is 0 Å². The van der Waals surface area contributed by atoms with Crippen molar-refractivity contribution in [3.63, 3.8) is 0 Å². The largest absolute Gasteiger partial charge is 0.484 e. The first-order valence-electron chi connectivity index (χ1n) is 8.06. The third-order valence-electron chi connectivity index (χ3n) is 3.50. The SMILES string of the molecule is Cc1cccc(OC(C)C(=O)NNC(=O)COc2ccc(Cl)c(C)c2)c1. The highest BCUT2D eigenvalue weighted by atomic mass is 35.5. The van der Waals surface area contributed by atoms with Crippen molar-refractivity contribution >= 4 is 23.4 Å². The second-order valence-electron chi connectivity index (χ2n) is 5.81. The molecule has 0 bridgehead atoms. The van der Waals surface area contributed by atoms with Gasteiger partial charge >= 0.3 is 0 Å². The van der Waals surface area contributed by atoms with E-state index in [9.17, 15) is 9.59 Å². The van der Waals surface area contributed by atoms with Gasteiger partial charge in [0.1, 0.15) is 11.5 Å². The molecule has 2 amide bonds. The highest BCUT2D eigenvalue weighted by molar-refractivity contribution is 6.31. The summed E-state index contributed by atoms with van der Waals surface area (Å²) in [4.78, 5) is 23.8. The number of carbonyl (C=O) groups excluding carboxylic acids is 2. The maximum Gasteiger partial charge on any atom is 0.279 e. The van der Waals surface area contributed by atoms with Crippen LogP contribution >= 0.6 is 11.6 Å². The summed E-state index contributed by atoms with van der Waals surface area (Å²) in [7, 11) is 0. The second-order valence-corrected chi connectivity index (χ2v) is 6.22. The first-order chi connectivity index (χ1) is 12.3. The highest BCUT2D eigenvalue weighted by Gasteiger charge is 2.15. The number of aryl methyl sites for hydroxylation is 2. The number of halogens is 1. The van der Waals surface area contributed by atoms with Gasteiger partial charge in [-0.2, -0.15) is 0 Å². The smallest absolute Gasteiger partial charge is 0.279 e. The van der Waals surface area contributed by atoms with Gasteiger partial charge in [0.15, 0.2) is 12.7 Å². The Balaban J connectivity index is 1.75. The summed E-state index contributed by atoms with van der Waals surface area (Å²) in [5.74, 6) is 0.140. The van der Waals surface area contributed by atoms with E-state index in [0.717, 1.165) is 11.1 Å². The molecule has 0 fully saturated rings. The lowest BCUT2D eigenvalue weighted by atomic mass is 10.2. The predicted octanol–water partition coefficient (Wildman–Crippen LogP) is 2.95. The normalized spacial score (nSPS) is 11.4. The Hall–Kier alpha value is -2.73. The molecule has 2 N–H and O–H groups in total. The van der Waals surface area contributed by atoms with Gasteiger partial charge in [-0.1, -0.05) is 23.7 Å². The van der Waals surface area contributed by atoms with Crippen molar-refractivity contribution in [1.82, 2.24) is 10.9 Å². The molecule has 2 aromatic carbocycles. The molecule has 0 aliphatic carbocycles. The molecule has 0 aliphatic heterocycles. The molecular weight excluding hydrogens is 356 g/mol. The summed E-state index contributed by atoms with van der Waals surface area (Å²) in [6, 6.07) is 12.4. The molecule has 0 aromatic heterocycles. The lowest BCUT2D eigenvalue weighted by Crippen LogP contribution is -2.48. The zero-order valence-electron chi connectivity index (χ0n) is 14.8. The molecule has 0 saturated carbocycles. The number of ether oxygens (including phenoxy) is 2. The van der Waals surface area contributed by atoms with Crippen molar-refractivity contribution in [3.8, 4) is 11.5 Å². The molecule has 1 unspecified atom stereocenters. The monoisotopic (exact) mass is 376 g/mol. The summed E-state index contributed by atoms with van der Waals surface area (Å²) in [6.45, 7) is 5.12. The van der Waals surface area contributed by atoms with Gasteiger partial charge in [0.2, 0.25) is 0 Å². The van der Waals surface area contributed by atoms with Crippen molar-refractivity contribution in [2.24, 2.45) is 0 Å². The van der Waals surface area contributed by atoms with Crippen LogP contribution in [0.3, 0.4) is 0 Å². The van der Waals surface area contributed by atoms with Crippen molar-refractivity contribution in [2.45, 2.75) is 26.9 Å². The number of benzene rings is 2. The van der Waals surface area contributed by atoms with E-state index in [-0.39, 0.29) is 6.61 Å². The quantitative estimate of drug-likeness (QED) is 0.760. The number of hydrogen-bond donors (Lipinski definition) is 2. The highest BCUT2D eigenvalue weighted by Crippen LogP contribution is 2.20. The van der Waals surface area contributed by atoms with Crippen LogP contribution in [0.4, 0.5) is 0 Å². The van der Waals surface area contributed by atoms with Crippen LogP contribution in [0, 0.1) is 13.8 Å². The van der Waals surface area contributed by atoms with E-state index < -0.39 is 17.9 Å². The minimum Gasteiger partial charge on any atom is -0.484 e. The van der Waals surface area contributed by atoms with Crippen LogP contribution in [0.5, 0.6) is 11.5 Å². The van der Waals surface area contributed by atoms with Gasteiger partial charge in [-0.15, -0.1) is 0 Å². The molecule has 26 heavy (non-hydrogen) atoms. The van der Waals surface area contributed by atoms with Gasteiger partial charge in [-0.05, 0) is 62.2 Å². The first kappa shape index (κ1) is 19.6. The number of nitrogens with one attached hydrogen (secondary N) is 2. The van der Waals surface area contributed by atoms with Crippen molar-refractivity contribution in [1.29, 1.82) is 0 Å². The minimum atomic E-state index is -0.767. The van der Waals surface area contributed by atoms with Gasteiger partial charge in [0.25, 0.3) is 11.8 Å². The van der Waals surface area contributed by atoms with Crippen LogP contribution in [0.15, 0.2) is 42.5 Å². The van der Waals surface area contributed by atoms with Gasteiger partial charge in [0.05, 0.1) is 0 Å². The minimum absolute atomic E-state index is 0.242. The van der Waals surface area contributed by atoms with E-state index in [2.05, 4.69) is 10.9 Å². The third-order valence-corrected chi connectivity index (χ3v) is 3.92. The topological polar surface area (TPSA) is 76.7 Å². The standard InChI is InChI=1S/C19H21ClN2O4/c1-12-5-4-6-16(9-12)26-14(3)19(24)22-21-18(23)11-25-15-7-8-17(20)13(2)10-15/h4-10,14H,11H2,1-3H3,(H,21,23)(H,22,24). The summed E-state index contributed by atoms with van der Waals surface area (Å²) in [5, 5.41) is 0.622. The van der Waals surface area contributed by atoms with Crippen molar-refractivity contribution < 1.29 is 19.1 Å². The van der Waals surface area contributed by atoms with Crippen LogP contribution in [0.2, 0.25) is 5.02 Å². The van der Waals surface area contributed by atoms with Crippen molar-refractivity contribution in [2.75, 3.05) is 6.61 Å². The van der Waals surface area contributed by atoms with E-state index in [0.29, 0.717) is 16.5 Å². The number of hydrogen-bond acceptors (Lipinski definition) is 4. The Labute approximate surface area is 157 Å². The van der Waals surface area contributed by atoms with Crippen LogP contribution in [0.1, 0.15) is 18.1 Å². The average Bonchev–Trinajstić information content (AvgIpc) is 2.60. The van der Waals surface area contributed by atoms with Crippen LogP contribution < -0.4 is 20.3 Å². The summed E-state index contributed by atoms with van der Waals surface area (Å²) in [5.41, 5.74) is 6.47. The van der Waals surface area contributed by atoms with E-state index in [1.165, 1.54) is 0 Å². The third kappa shape index (κ3) is 5.97. The summed E-state index contributed by atoms with van der Waals surface area (Å²) >= 11 is 5.93. The molecular formula is C19H21ClN2O4. The van der Waals surface area contributed by atoms with E-state index in [4.69, 9.17) is 21.1 Å². The number of carbonyl (C=O) groups is 2. The Morgan fingerprint density at radius 1 is 1.08 bits per heavy atom. The fourth-order valence-electron chi connectivity index (χ4n) is 2.07. The summed E-state index contributed by atoms with van der Waals surface area (Å²) < 4.78 is 10.9. The molecule has 0 spiro atoms. The molecule has 1 atom stereocenters. The molecule has 0 aliphatic rings. The van der Waals surface area contributed by atoms with Crippen molar-refractivity contribution in [3.05, 3.63) is 58.6 Å². The van der Waals surface area contributed by atoms with Gasteiger partial charge in [0, 0.05) is 5.02 Å². The molecule has 0 radical (unpaired) electrons. The molecule has 0 heterocycles. The maximum atomic E-state index is 12.0. The predicted molar refractivity (Wildman–Crippen MR) is 99.2 cm³/mol. The average molecular weight is 377 g/mol. The second kappa shape index (κ2) is 9.10. The van der Waals surface area contributed by atoms with Gasteiger partial charge in [-0.3, -0.25) is 20.4 Å². The maximum absolute atomic E-state index is 12.0. The first-order valence-corrected chi connectivity index (χ1v) is 8.44. The van der Waals surface area contributed by atoms with Crippen LogP contribution in [0.25, 0.3) is 0 Å². The molecule has 0 saturated heterocycles. The molecule has 6 nitrogen and oxygen atoms in total. The Morgan fingerprint density at radius 2 is 1.85 bits per heavy atom. The number of hydrazine groups is 1. The zero-order valence-corrected chi connectivity index (χ0v) is 15.6. The molecule has 2 aromatic rings. The Morgan fingerprint density at radius 3 is 2.54 bits per heavy atom. The van der Waals surface area contributed by atoms with E-state index in [1.54, 1.807) is 31.2 Å².